The fourth-order valence-electron chi connectivity index (χ4n) is 1.69. The van der Waals surface area contributed by atoms with Gasteiger partial charge in [-0.15, -0.1) is 0 Å². The van der Waals surface area contributed by atoms with Crippen LogP contribution in [0, 0.1) is 0 Å². The molecular weight excluding hydrogens is 397 g/mol. The number of nitrogens with one attached hydrogen (secondary N) is 1. The van der Waals surface area contributed by atoms with Gasteiger partial charge in [0.2, 0.25) is 11.1 Å². The van der Waals surface area contributed by atoms with E-state index in [1.165, 1.54) is 12.1 Å². The zero-order valence-electron chi connectivity index (χ0n) is 15.4. The molecule has 0 saturated heterocycles. The Bertz CT molecular complexity index is 834. The average Bonchev–Trinajstić information content (AvgIpc) is 2.69. The molecule has 0 unspecified atom stereocenters. The number of nitrogen functional groups attached to an aromatic ring is 1. The topological polar surface area (TPSA) is 153 Å². The number of halogens is 1. The van der Waals surface area contributed by atoms with Gasteiger partial charge in [0.1, 0.15) is 0 Å². The molecule has 2 rings (SSSR count). The third-order valence-corrected chi connectivity index (χ3v) is 3.16. The van der Waals surface area contributed by atoms with E-state index in [0.29, 0.717) is 22.3 Å². The van der Waals surface area contributed by atoms with E-state index in [0.717, 1.165) is 12.2 Å². The number of carbonyl (C=O) groups excluding carboxylic acids is 2. The predicted molar refractivity (Wildman–Crippen MR) is 117 cm³/mol. The molecule has 0 aliphatic rings. The van der Waals surface area contributed by atoms with Crippen LogP contribution in [0.1, 0.15) is 0 Å². The van der Waals surface area contributed by atoms with Gasteiger partial charge in [0.25, 0.3) is 0 Å². The molecule has 0 fully saturated rings. The smallest absolute Gasteiger partial charge is 0.423 e. The van der Waals surface area contributed by atoms with Crippen LogP contribution in [0.15, 0.2) is 73.8 Å². The summed E-state index contributed by atoms with van der Waals surface area (Å²) in [5.74, 6) is -0.338. The van der Waals surface area contributed by atoms with Crippen LogP contribution in [0.4, 0.5) is 11.4 Å². The number of hydrogen-bond acceptors (Lipinski definition) is 7. The Morgan fingerprint density at radius 2 is 1.41 bits per heavy atom. The van der Waals surface area contributed by atoms with Crippen molar-refractivity contribution < 1.29 is 29.7 Å². The highest BCUT2D eigenvalue weighted by Gasteiger charge is 2.11. The summed E-state index contributed by atoms with van der Waals surface area (Å²) in [6, 6.07) is 12.8. The second-order valence-corrected chi connectivity index (χ2v) is 5.62. The van der Waals surface area contributed by atoms with Crippen molar-refractivity contribution in [2.75, 3.05) is 11.1 Å². The van der Waals surface area contributed by atoms with Crippen LogP contribution in [0.3, 0.4) is 0 Å². The summed E-state index contributed by atoms with van der Waals surface area (Å²) < 4.78 is 0. The molecule has 0 aromatic heterocycles. The van der Waals surface area contributed by atoms with Crippen LogP contribution in [0.2, 0.25) is 0 Å². The highest BCUT2D eigenvalue weighted by molar-refractivity contribution is 6.66. The molecule has 2 aromatic rings. The molecule has 0 atom stereocenters. The molecule has 0 aliphatic heterocycles. The van der Waals surface area contributed by atoms with Crippen molar-refractivity contribution in [2.45, 2.75) is 0 Å². The second kappa shape index (κ2) is 14.2. The molecular formula is C18H21B2ClN2O6. The molecule has 2 aromatic carbocycles. The summed E-state index contributed by atoms with van der Waals surface area (Å²) in [5.41, 5.74) is 7.15. The standard InChI is InChI=1S/C9H10BNO3.C6H8BNO2.C3H3ClO/c1-2-9(12)11-8-5-3-4-7(6-8)10(13)14;8-6-3-1-2-5(4-6)7(9)10;1-2-3(4)5/h2-6,13-14H,1H2,(H,11,12);1-4,9-10H,8H2;2H,1H2. The first kappa shape index (κ1) is 26.1. The maximum atomic E-state index is 10.9. The number of carbonyl (C=O) groups is 2. The minimum Gasteiger partial charge on any atom is -0.423 e. The van der Waals surface area contributed by atoms with Crippen LogP contribution in [-0.4, -0.2) is 45.5 Å². The summed E-state index contributed by atoms with van der Waals surface area (Å²) in [6.07, 6.45) is 2.18. The lowest BCUT2D eigenvalue weighted by Gasteiger charge is -2.04. The van der Waals surface area contributed by atoms with Crippen molar-refractivity contribution >= 4 is 59.3 Å². The average molecular weight is 418 g/mol. The molecule has 7 N–H and O–H groups in total. The lowest BCUT2D eigenvalue weighted by atomic mass is 9.80. The van der Waals surface area contributed by atoms with E-state index in [2.05, 4.69) is 18.5 Å². The minimum atomic E-state index is -1.53. The van der Waals surface area contributed by atoms with Crippen LogP contribution in [0.25, 0.3) is 0 Å². The summed E-state index contributed by atoms with van der Waals surface area (Å²) in [5, 5.41) is 37.0. The van der Waals surface area contributed by atoms with E-state index in [9.17, 15) is 9.59 Å². The van der Waals surface area contributed by atoms with Crippen LogP contribution in [-0.2, 0) is 9.59 Å². The third-order valence-electron chi connectivity index (χ3n) is 3.01. The van der Waals surface area contributed by atoms with Crippen molar-refractivity contribution in [2.24, 2.45) is 0 Å². The van der Waals surface area contributed by atoms with Crippen molar-refractivity contribution in [3.8, 4) is 0 Å². The molecule has 1 amide bonds. The van der Waals surface area contributed by atoms with Gasteiger partial charge in [-0.2, -0.15) is 0 Å². The Balaban J connectivity index is 0.000000455. The molecule has 0 heterocycles. The van der Waals surface area contributed by atoms with Gasteiger partial charge in [-0.05, 0) is 58.9 Å². The van der Waals surface area contributed by atoms with Crippen LogP contribution < -0.4 is 22.0 Å². The Morgan fingerprint density at radius 1 is 0.931 bits per heavy atom. The van der Waals surface area contributed by atoms with E-state index >= 15 is 0 Å². The Morgan fingerprint density at radius 3 is 1.79 bits per heavy atom. The number of benzene rings is 2. The highest BCUT2D eigenvalue weighted by Crippen LogP contribution is 2.03. The summed E-state index contributed by atoms with van der Waals surface area (Å²) in [7, 11) is -2.96. The molecule has 29 heavy (non-hydrogen) atoms. The number of rotatable bonds is 5. The zero-order valence-corrected chi connectivity index (χ0v) is 16.2. The molecule has 11 heteroatoms. The van der Waals surface area contributed by atoms with Crippen LogP contribution in [0.5, 0.6) is 0 Å². The Hall–Kier alpha value is -2.88. The fraction of sp³-hybridized carbons (Fsp3) is 0. The normalized spacial score (nSPS) is 8.86. The van der Waals surface area contributed by atoms with E-state index in [4.69, 9.17) is 37.4 Å². The summed E-state index contributed by atoms with van der Waals surface area (Å²) >= 11 is 4.71. The van der Waals surface area contributed by atoms with Gasteiger partial charge < -0.3 is 31.1 Å². The van der Waals surface area contributed by atoms with Gasteiger partial charge in [0, 0.05) is 11.4 Å². The number of nitrogens with two attached hydrogens (primary N) is 1. The summed E-state index contributed by atoms with van der Waals surface area (Å²) in [6.45, 7) is 6.38. The SMILES string of the molecule is C=CC(=O)Cl.C=CC(=O)Nc1cccc(B(O)O)c1.Nc1cccc(B(O)O)c1. The summed E-state index contributed by atoms with van der Waals surface area (Å²) in [4.78, 5) is 20.4. The maximum absolute atomic E-state index is 10.9. The van der Waals surface area contributed by atoms with Crippen molar-refractivity contribution in [1.29, 1.82) is 0 Å². The lowest BCUT2D eigenvalue weighted by Crippen LogP contribution is -2.29. The van der Waals surface area contributed by atoms with Gasteiger partial charge in [0.05, 0.1) is 0 Å². The van der Waals surface area contributed by atoms with Crippen molar-refractivity contribution in [1.82, 2.24) is 0 Å². The first-order chi connectivity index (χ1) is 13.6. The van der Waals surface area contributed by atoms with Gasteiger partial charge in [0.15, 0.2) is 0 Å². The number of amides is 1. The van der Waals surface area contributed by atoms with Crippen molar-refractivity contribution in [3.63, 3.8) is 0 Å². The zero-order chi connectivity index (χ0) is 22.4. The third kappa shape index (κ3) is 12.2. The van der Waals surface area contributed by atoms with E-state index < -0.39 is 19.5 Å². The largest absolute Gasteiger partial charge is 0.488 e. The molecule has 152 valence electrons. The molecule has 0 bridgehead atoms. The second-order valence-electron chi connectivity index (χ2n) is 5.24. The molecule has 0 spiro atoms. The van der Waals surface area contributed by atoms with Crippen molar-refractivity contribution in [3.05, 3.63) is 73.8 Å². The quantitative estimate of drug-likeness (QED) is 0.164. The number of hydrogen-bond donors (Lipinski definition) is 6. The predicted octanol–water partition coefficient (Wildman–Crippen LogP) is -0.623. The Kier molecular flexibility index (Phi) is 12.8. The monoisotopic (exact) mass is 418 g/mol. The molecule has 0 saturated carbocycles. The van der Waals surface area contributed by atoms with E-state index in [1.54, 1.807) is 36.4 Å². The first-order valence-corrected chi connectivity index (χ1v) is 8.41. The molecule has 0 radical (unpaired) electrons. The van der Waals surface area contributed by atoms with Gasteiger partial charge in [-0.3, -0.25) is 9.59 Å². The van der Waals surface area contributed by atoms with E-state index in [-0.39, 0.29) is 5.91 Å². The number of allylic oxidation sites excluding steroid dienone is 1. The lowest BCUT2D eigenvalue weighted by molar-refractivity contribution is -0.112. The number of anilines is 2. The van der Waals surface area contributed by atoms with E-state index in [1.807, 2.05) is 0 Å². The van der Waals surface area contributed by atoms with Crippen LogP contribution >= 0.6 is 11.6 Å². The molecule has 0 aliphatic carbocycles. The first-order valence-electron chi connectivity index (χ1n) is 8.03. The van der Waals surface area contributed by atoms with Gasteiger partial charge in [-0.1, -0.05) is 37.4 Å². The maximum Gasteiger partial charge on any atom is 0.488 e. The van der Waals surface area contributed by atoms with Gasteiger partial charge in [-0.25, -0.2) is 0 Å². The Labute approximate surface area is 174 Å². The van der Waals surface area contributed by atoms with Gasteiger partial charge >= 0.3 is 14.2 Å². The molecule has 8 nitrogen and oxygen atoms in total. The highest BCUT2D eigenvalue weighted by atomic mass is 35.5. The fourth-order valence-corrected chi connectivity index (χ4v) is 1.69. The minimum absolute atomic E-state index is 0.326.